The summed E-state index contributed by atoms with van der Waals surface area (Å²) in [5.74, 6) is 0.195. The fourth-order valence-electron chi connectivity index (χ4n) is 5.01. The number of ether oxygens (including phenoxy) is 1. The second kappa shape index (κ2) is 11.1. The third kappa shape index (κ3) is 6.30. The number of fused-ring (bicyclic) bond motifs is 1. The molecule has 10 heteroatoms. The highest BCUT2D eigenvalue weighted by Crippen LogP contribution is 2.41. The minimum atomic E-state index is -4.73. The van der Waals surface area contributed by atoms with E-state index in [2.05, 4.69) is 10.1 Å². The molecule has 34 heavy (non-hydrogen) atoms. The average Bonchev–Trinajstić information content (AvgIpc) is 2.74. The van der Waals surface area contributed by atoms with Crippen molar-refractivity contribution in [3.63, 3.8) is 0 Å². The van der Waals surface area contributed by atoms with Gasteiger partial charge in [0.05, 0.1) is 0 Å². The first-order valence-corrected chi connectivity index (χ1v) is 10.9. The zero-order valence-corrected chi connectivity index (χ0v) is 20.2. The number of anilines is 1. The third-order valence-electron chi connectivity index (χ3n) is 6.69. The predicted octanol–water partition coefficient (Wildman–Crippen LogP) is 5.19. The zero-order chi connectivity index (χ0) is 22.9. The van der Waals surface area contributed by atoms with E-state index in [0.717, 1.165) is 36.9 Å². The molecule has 4 rings (SSSR count). The van der Waals surface area contributed by atoms with Crippen LogP contribution in [0, 0.1) is 11.8 Å². The topological polar surface area (TPSA) is 99.3 Å². The molecule has 188 valence electrons. The zero-order valence-electron chi connectivity index (χ0n) is 18.6. The van der Waals surface area contributed by atoms with Crippen LogP contribution in [0.4, 0.5) is 18.9 Å². The fraction of sp³-hybridized carbons (Fsp3) is 0.417. The maximum atomic E-state index is 12.7. The molecular formula is C24H31Cl2F3N4O. The maximum absolute atomic E-state index is 12.7. The summed E-state index contributed by atoms with van der Waals surface area (Å²) in [6, 6.07) is 13.7. The Morgan fingerprint density at radius 1 is 1.00 bits per heavy atom. The van der Waals surface area contributed by atoms with Crippen LogP contribution in [0.2, 0.25) is 0 Å². The molecular weight excluding hydrogens is 488 g/mol. The second-order valence-corrected chi connectivity index (χ2v) is 8.84. The summed E-state index contributed by atoms with van der Waals surface area (Å²) in [6.07, 6.45) is 0.921. The molecule has 0 amide bonds. The van der Waals surface area contributed by atoms with E-state index in [1.165, 1.54) is 12.1 Å². The molecule has 7 N–H and O–H groups in total. The van der Waals surface area contributed by atoms with Crippen molar-refractivity contribution in [1.82, 2.24) is 0 Å². The lowest BCUT2D eigenvalue weighted by Crippen LogP contribution is -2.55. The normalized spacial score (nSPS) is 24.9. The molecule has 1 aliphatic heterocycles. The lowest BCUT2D eigenvalue weighted by molar-refractivity contribution is -0.274. The number of alkyl halides is 3. The number of nitrogens with one attached hydrogen (secondary N) is 1. The summed E-state index contributed by atoms with van der Waals surface area (Å²) in [7, 11) is 0. The number of hydrogen-bond donors (Lipinski definition) is 4. The SMILES string of the molecule is Cl.Cl.NC1=CC(N)(C2CCC(C(N)Cc3ccccc3OC(F)(F)F)CC2)Nc2ccccc21. The summed E-state index contributed by atoms with van der Waals surface area (Å²) in [5.41, 5.74) is 21.7. The van der Waals surface area contributed by atoms with Crippen LogP contribution in [0.15, 0.2) is 54.6 Å². The molecule has 2 aliphatic rings. The molecule has 0 radical (unpaired) electrons. The summed E-state index contributed by atoms with van der Waals surface area (Å²) in [5, 5.41) is 3.45. The van der Waals surface area contributed by atoms with Gasteiger partial charge >= 0.3 is 6.36 Å². The molecule has 2 atom stereocenters. The van der Waals surface area contributed by atoms with E-state index < -0.39 is 12.0 Å². The molecule has 1 aliphatic carbocycles. The summed E-state index contributed by atoms with van der Waals surface area (Å²) in [4.78, 5) is 0. The molecule has 2 aromatic rings. The first kappa shape index (κ1) is 28.1. The van der Waals surface area contributed by atoms with Crippen molar-refractivity contribution in [1.29, 1.82) is 0 Å². The average molecular weight is 519 g/mol. The second-order valence-electron chi connectivity index (χ2n) is 8.84. The van der Waals surface area contributed by atoms with E-state index in [1.807, 2.05) is 30.3 Å². The monoisotopic (exact) mass is 518 g/mol. The van der Waals surface area contributed by atoms with Crippen molar-refractivity contribution in [3.8, 4) is 5.75 Å². The van der Waals surface area contributed by atoms with Crippen molar-refractivity contribution < 1.29 is 17.9 Å². The van der Waals surface area contributed by atoms with Gasteiger partial charge in [-0.1, -0.05) is 36.4 Å². The van der Waals surface area contributed by atoms with Gasteiger partial charge in [-0.15, -0.1) is 38.0 Å². The van der Waals surface area contributed by atoms with E-state index in [9.17, 15) is 13.2 Å². The quantitative estimate of drug-likeness (QED) is 0.436. The maximum Gasteiger partial charge on any atom is 0.573 e. The van der Waals surface area contributed by atoms with Crippen molar-refractivity contribution in [3.05, 3.63) is 65.7 Å². The number of halogens is 5. The first-order valence-electron chi connectivity index (χ1n) is 10.9. The van der Waals surface area contributed by atoms with Crippen molar-refractivity contribution in [2.24, 2.45) is 29.0 Å². The summed E-state index contributed by atoms with van der Waals surface area (Å²) < 4.78 is 42.3. The highest BCUT2D eigenvalue weighted by molar-refractivity contribution is 5.85. The lowest BCUT2D eigenvalue weighted by Gasteiger charge is -2.44. The Morgan fingerprint density at radius 2 is 1.62 bits per heavy atom. The molecule has 2 aromatic carbocycles. The van der Waals surface area contributed by atoms with Gasteiger partial charge in [0.15, 0.2) is 0 Å². The number of rotatable bonds is 5. The number of hydrogen-bond acceptors (Lipinski definition) is 5. The number of nitrogens with two attached hydrogens (primary N) is 3. The van der Waals surface area contributed by atoms with E-state index in [1.54, 1.807) is 12.1 Å². The minimum Gasteiger partial charge on any atom is -0.406 e. The largest absolute Gasteiger partial charge is 0.573 e. The van der Waals surface area contributed by atoms with Crippen LogP contribution >= 0.6 is 24.8 Å². The number of para-hydroxylation sites is 2. The Hall–Kier alpha value is -2.13. The highest BCUT2D eigenvalue weighted by Gasteiger charge is 2.40. The fourth-order valence-corrected chi connectivity index (χ4v) is 5.01. The van der Waals surface area contributed by atoms with Gasteiger partial charge < -0.3 is 27.3 Å². The standard InChI is InChI=1S/C24H29F3N4O.2ClH/c25-24(26,27)32-22-8-4-1-5-16(22)13-19(28)15-9-11-17(12-10-15)23(30)14-20(29)18-6-2-3-7-21(18)31-23;;/h1-8,14-15,17,19,31H,9-13,28-30H2;2*1H. The highest BCUT2D eigenvalue weighted by atomic mass is 35.5. The molecule has 0 spiro atoms. The van der Waals surface area contributed by atoms with E-state index in [-0.39, 0.29) is 48.4 Å². The van der Waals surface area contributed by atoms with E-state index >= 15 is 0 Å². The van der Waals surface area contributed by atoms with Gasteiger partial charge in [0.2, 0.25) is 0 Å². The Kier molecular flexibility index (Phi) is 9.16. The van der Waals surface area contributed by atoms with E-state index in [0.29, 0.717) is 17.7 Å². The van der Waals surface area contributed by atoms with Crippen molar-refractivity contribution in [2.75, 3.05) is 5.32 Å². The van der Waals surface area contributed by atoms with Gasteiger partial charge in [0, 0.05) is 23.0 Å². The van der Waals surface area contributed by atoms with Gasteiger partial charge in [0.25, 0.3) is 0 Å². The molecule has 0 bridgehead atoms. The van der Waals surface area contributed by atoms with Crippen LogP contribution in [-0.2, 0) is 6.42 Å². The summed E-state index contributed by atoms with van der Waals surface area (Å²) >= 11 is 0. The molecule has 1 heterocycles. The van der Waals surface area contributed by atoms with Crippen LogP contribution in [-0.4, -0.2) is 18.1 Å². The van der Waals surface area contributed by atoms with Crippen LogP contribution in [0.3, 0.4) is 0 Å². The lowest BCUT2D eigenvalue weighted by atomic mass is 9.72. The van der Waals surface area contributed by atoms with Gasteiger partial charge in [-0.25, -0.2) is 0 Å². The smallest absolute Gasteiger partial charge is 0.406 e. The Bertz CT molecular complexity index is 996. The summed E-state index contributed by atoms with van der Waals surface area (Å²) in [6.45, 7) is 0. The molecule has 0 aromatic heterocycles. The van der Waals surface area contributed by atoms with Gasteiger partial charge in [0.1, 0.15) is 11.4 Å². The first-order chi connectivity index (χ1) is 15.1. The molecule has 5 nitrogen and oxygen atoms in total. The van der Waals surface area contributed by atoms with Crippen LogP contribution in [0.1, 0.15) is 36.8 Å². The van der Waals surface area contributed by atoms with Crippen molar-refractivity contribution >= 4 is 36.2 Å². The third-order valence-corrected chi connectivity index (χ3v) is 6.69. The number of benzene rings is 2. The molecule has 0 saturated heterocycles. The molecule has 2 unspecified atom stereocenters. The Morgan fingerprint density at radius 3 is 2.29 bits per heavy atom. The Labute approximate surface area is 210 Å². The Balaban J connectivity index is 0.00000204. The van der Waals surface area contributed by atoms with Gasteiger partial charge in [-0.2, -0.15) is 0 Å². The van der Waals surface area contributed by atoms with Crippen LogP contribution in [0.5, 0.6) is 5.75 Å². The molecule has 1 saturated carbocycles. The predicted molar refractivity (Wildman–Crippen MR) is 134 cm³/mol. The minimum absolute atomic E-state index is 0. The van der Waals surface area contributed by atoms with Crippen LogP contribution < -0.4 is 27.3 Å². The van der Waals surface area contributed by atoms with Crippen molar-refractivity contribution in [2.45, 2.75) is 50.2 Å². The van der Waals surface area contributed by atoms with E-state index in [4.69, 9.17) is 17.2 Å². The van der Waals surface area contributed by atoms with Crippen LogP contribution in [0.25, 0.3) is 5.70 Å². The van der Waals surface area contributed by atoms with Gasteiger partial charge in [-0.05, 0) is 67.7 Å². The van der Waals surface area contributed by atoms with Gasteiger partial charge in [-0.3, -0.25) is 0 Å². The molecule has 1 fully saturated rings.